The van der Waals surface area contributed by atoms with Gasteiger partial charge in [-0.25, -0.2) is 5.43 Å². The van der Waals surface area contributed by atoms with Crippen molar-refractivity contribution in [2.24, 2.45) is 5.10 Å². The van der Waals surface area contributed by atoms with E-state index >= 15 is 0 Å². The van der Waals surface area contributed by atoms with Crippen LogP contribution in [0.15, 0.2) is 46.1 Å². The summed E-state index contributed by atoms with van der Waals surface area (Å²) in [5, 5.41) is 4.04. The molecule has 0 unspecified atom stereocenters. The van der Waals surface area contributed by atoms with Crippen LogP contribution in [-0.2, 0) is 0 Å². The number of hydrogen-bond acceptors (Lipinski definition) is 5. The van der Waals surface area contributed by atoms with E-state index in [1.165, 1.54) is 6.26 Å². The third kappa shape index (κ3) is 3.42. The van der Waals surface area contributed by atoms with Gasteiger partial charge in [0.2, 0.25) is 0 Å². The van der Waals surface area contributed by atoms with Gasteiger partial charge in [-0.15, -0.1) is 0 Å². The lowest BCUT2D eigenvalue weighted by Gasteiger charge is -2.09. The summed E-state index contributed by atoms with van der Waals surface area (Å²) in [5.41, 5.74) is 3.88. The fraction of sp³-hybridized carbons (Fsp3) is 0.200. The predicted molar refractivity (Wildman–Crippen MR) is 77.9 cm³/mol. The van der Waals surface area contributed by atoms with Crippen molar-refractivity contribution in [2.75, 3.05) is 14.2 Å². The van der Waals surface area contributed by atoms with E-state index in [1.54, 1.807) is 45.4 Å². The Balaban J connectivity index is 2.14. The number of furan rings is 1. The van der Waals surface area contributed by atoms with E-state index in [4.69, 9.17) is 13.9 Å². The SMILES string of the molecule is COc1ccc(/C(C)=N\NC(=O)c2ccco2)cc1OC. The van der Waals surface area contributed by atoms with Crippen molar-refractivity contribution in [3.63, 3.8) is 0 Å². The molecule has 110 valence electrons. The minimum atomic E-state index is -0.403. The Morgan fingerprint density at radius 2 is 1.95 bits per heavy atom. The van der Waals surface area contributed by atoms with Crippen LogP contribution in [0.2, 0.25) is 0 Å². The topological polar surface area (TPSA) is 73.1 Å². The van der Waals surface area contributed by atoms with Crippen LogP contribution in [-0.4, -0.2) is 25.8 Å². The van der Waals surface area contributed by atoms with Gasteiger partial charge in [0.15, 0.2) is 17.3 Å². The molecule has 6 nitrogen and oxygen atoms in total. The van der Waals surface area contributed by atoms with Crippen molar-refractivity contribution in [3.8, 4) is 11.5 Å². The summed E-state index contributed by atoms with van der Waals surface area (Å²) in [6, 6.07) is 8.61. The van der Waals surface area contributed by atoms with E-state index in [-0.39, 0.29) is 5.76 Å². The Kier molecular flexibility index (Phi) is 4.61. The molecule has 0 saturated carbocycles. The smallest absolute Gasteiger partial charge is 0.307 e. The number of amides is 1. The number of carbonyl (C=O) groups is 1. The van der Waals surface area contributed by atoms with Crippen LogP contribution >= 0.6 is 0 Å². The molecule has 1 heterocycles. The molecule has 21 heavy (non-hydrogen) atoms. The highest BCUT2D eigenvalue weighted by Gasteiger charge is 2.09. The molecule has 1 amide bonds. The van der Waals surface area contributed by atoms with Crippen LogP contribution in [0.1, 0.15) is 23.0 Å². The summed E-state index contributed by atoms with van der Waals surface area (Å²) < 4.78 is 15.4. The van der Waals surface area contributed by atoms with Crippen molar-refractivity contribution < 1.29 is 18.7 Å². The van der Waals surface area contributed by atoms with Crippen LogP contribution in [0.4, 0.5) is 0 Å². The highest BCUT2D eigenvalue weighted by Crippen LogP contribution is 2.27. The van der Waals surface area contributed by atoms with Gasteiger partial charge >= 0.3 is 5.91 Å². The zero-order valence-corrected chi connectivity index (χ0v) is 12.0. The minimum absolute atomic E-state index is 0.207. The predicted octanol–water partition coefficient (Wildman–Crippen LogP) is 2.45. The molecule has 0 bridgehead atoms. The van der Waals surface area contributed by atoms with Crippen LogP contribution in [0.25, 0.3) is 0 Å². The minimum Gasteiger partial charge on any atom is -0.493 e. The summed E-state index contributed by atoms with van der Waals surface area (Å²) in [4.78, 5) is 11.7. The van der Waals surface area contributed by atoms with Gasteiger partial charge in [0, 0.05) is 5.56 Å². The van der Waals surface area contributed by atoms with E-state index in [0.717, 1.165) is 5.56 Å². The summed E-state index contributed by atoms with van der Waals surface area (Å²) in [6.07, 6.45) is 1.43. The third-order valence-corrected chi connectivity index (χ3v) is 2.87. The molecule has 0 aliphatic carbocycles. The van der Waals surface area contributed by atoms with Gasteiger partial charge in [-0.3, -0.25) is 4.79 Å². The number of methoxy groups -OCH3 is 2. The number of hydrazone groups is 1. The number of rotatable bonds is 5. The first-order valence-electron chi connectivity index (χ1n) is 6.26. The largest absolute Gasteiger partial charge is 0.493 e. The second kappa shape index (κ2) is 6.60. The summed E-state index contributed by atoms with van der Waals surface area (Å²) in [5.74, 6) is 1.04. The summed E-state index contributed by atoms with van der Waals surface area (Å²) in [7, 11) is 3.13. The highest BCUT2D eigenvalue weighted by atomic mass is 16.5. The molecule has 2 aromatic rings. The first kappa shape index (κ1) is 14.6. The first-order chi connectivity index (χ1) is 10.2. The van der Waals surface area contributed by atoms with E-state index < -0.39 is 5.91 Å². The average Bonchev–Trinajstić information content (AvgIpc) is 3.06. The Hall–Kier alpha value is -2.76. The Morgan fingerprint density at radius 3 is 2.57 bits per heavy atom. The van der Waals surface area contributed by atoms with Gasteiger partial charge in [-0.05, 0) is 37.3 Å². The molecule has 6 heteroatoms. The fourth-order valence-corrected chi connectivity index (χ4v) is 1.72. The van der Waals surface area contributed by atoms with Crippen LogP contribution < -0.4 is 14.9 Å². The monoisotopic (exact) mass is 288 g/mol. The van der Waals surface area contributed by atoms with Crippen LogP contribution in [0.5, 0.6) is 11.5 Å². The molecule has 0 spiro atoms. The van der Waals surface area contributed by atoms with Crippen molar-refractivity contribution in [3.05, 3.63) is 47.9 Å². The molecule has 1 N–H and O–H groups in total. The summed E-state index contributed by atoms with van der Waals surface area (Å²) >= 11 is 0. The zero-order chi connectivity index (χ0) is 15.2. The van der Waals surface area contributed by atoms with Gasteiger partial charge < -0.3 is 13.9 Å². The average molecular weight is 288 g/mol. The highest BCUT2D eigenvalue weighted by molar-refractivity contribution is 6.00. The molecule has 1 aromatic heterocycles. The summed E-state index contributed by atoms with van der Waals surface area (Å²) in [6.45, 7) is 1.78. The first-order valence-corrected chi connectivity index (χ1v) is 6.26. The fourth-order valence-electron chi connectivity index (χ4n) is 1.72. The van der Waals surface area contributed by atoms with Gasteiger partial charge in [-0.1, -0.05) is 0 Å². The third-order valence-electron chi connectivity index (χ3n) is 2.87. The molecule has 0 aliphatic rings. The number of benzene rings is 1. The Bertz CT molecular complexity index is 648. The van der Waals surface area contributed by atoms with Crippen molar-refractivity contribution in [1.82, 2.24) is 5.43 Å². The number of hydrogen-bond donors (Lipinski definition) is 1. The molecule has 1 aromatic carbocycles. The number of carbonyl (C=O) groups excluding carboxylic acids is 1. The maximum Gasteiger partial charge on any atom is 0.307 e. The Labute approximate surface area is 122 Å². The van der Waals surface area contributed by atoms with Crippen LogP contribution in [0.3, 0.4) is 0 Å². The molecular formula is C15H16N2O4. The van der Waals surface area contributed by atoms with E-state index in [9.17, 15) is 4.79 Å². The van der Waals surface area contributed by atoms with Gasteiger partial charge in [0.05, 0.1) is 26.2 Å². The standard InChI is InChI=1S/C15H16N2O4/c1-10(16-17-15(18)13-5-4-8-21-13)11-6-7-12(19-2)14(9-11)20-3/h4-9H,1-3H3,(H,17,18)/b16-10-. The number of nitrogens with one attached hydrogen (secondary N) is 1. The molecule has 0 radical (unpaired) electrons. The second-order valence-electron chi connectivity index (χ2n) is 4.19. The normalized spacial score (nSPS) is 11.1. The number of ether oxygens (including phenoxy) is 2. The number of nitrogens with zero attached hydrogens (tertiary/aromatic N) is 1. The zero-order valence-electron chi connectivity index (χ0n) is 12.0. The van der Waals surface area contributed by atoms with Crippen LogP contribution in [0, 0.1) is 0 Å². The van der Waals surface area contributed by atoms with Gasteiger partial charge in [0.1, 0.15) is 0 Å². The molecule has 0 fully saturated rings. The van der Waals surface area contributed by atoms with E-state index in [0.29, 0.717) is 17.2 Å². The van der Waals surface area contributed by atoms with Crippen molar-refractivity contribution in [2.45, 2.75) is 6.92 Å². The molecule has 0 aliphatic heterocycles. The lowest BCUT2D eigenvalue weighted by molar-refractivity contribution is 0.0927. The molecule has 0 saturated heterocycles. The lowest BCUT2D eigenvalue weighted by Crippen LogP contribution is -2.18. The quantitative estimate of drug-likeness (QED) is 0.677. The van der Waals surface area contributed by atoms with Crippen molar-refractivity contribution in [1.29, 1.82) is 0 Å². The molecule has 0 atom stereocenters. The molecule has 2 rings (SSSR count). The molecular weight excluding hydrogens is 272 g/mol. The van der Waals surface area contributed by atoms with Gasteiger partial charge in [-0.2, -0.15) is 5.10 Å². The Morgan fingerprint density at radius 1 is 1.19 bits per heavy atom. The maximum atomic E-state index is 11.7. The van der Waals surface area contributed by atoms with E-state index in [1.807, 2.05) is 6.07 Å². The van der Waals surface area contributed by atoms with Gasteiger partial charge in [0.25, 0.3) is 0 Å². The van der Waals surface area contributed by atoms with E-state index in [2.05, 4.69) is 10.5 Å². The maximum absolute atomic E-state index is 11.7. The lowest BCUT2D eigenvalue weighted by atomic mass is 10.1. The second-order valence-corrected chi connectivity index (χ2v) is 4.19. The van der Waals surface area contributed by atoms with Crippen molar-refractivity contribution >= 4 is 11.6 Å².